The summed E-state index contributed by atoms with van der Waals surface area (Å²) in [7, 11) is 0. The number of hydrogen-bond acceptors (Lipinski definition) is 1. The second kappa shape index (κ2) is 5.74. The molecule has 0 fully saturated rings. The molecule has 3 aromatic rings. The van der Waals surface area contributed by atoms with Crippen molar-refractivity contribution < 1.29 is 4.39 Å². The Bertz CT molecular complexity index is 716. The number of benzene rings is 2. The molecule has 0 aliphatic carbocycles. The van der Waals surface area contributed by atoms with Gasteiger partial charge in [0.05, 0.1) is 0 Å². The van der Waals surface area contributed by atoms with Gasteiger partial charge in [0, 0.05) is 0 Å². The van der Waals surface area contributed by atoms with Gasteiger partial charge in [-0.25, -0.2) is 0 Å². The molecule has 1 heterocycles. The summed E-state index contributed by atoms with van der Waals surface area (Å²) in [6.45, 7) is 2.13. The molecule has 0 saturated heterocycles. The summed E-state index contributed by atoms with van der Waals surface area (Å²) in [5.41, 5.74) is 3.72. The number of hydrogen-bond donors (Lipinski definition) is 0. The van der Waals surface area contributed by atoms with Crippen molar-refractivity contribution in [1.29, 1.82) is 0 Å². The first kappa shape index (κ1) is 13.3. The van der Waals surface area contributed by atoms with Crippen LogP contribution in [0.25, 0.3) is 10.0 Å². The Morgan fingerprint density at radius 3 is 2.55 bits per heavy atom. The first-order valence-electron chi connectivity index (χ1n) is 6.47. The molecule has 3 rings (SSSR count). The van der Waals surface area contributed by atoms with Gasteiger partial charge < -0.3 is 0 Å². The van der Waals surface area contributed by atoms with E-state index in [2.05, 4.69) is 36.2 Å². The van der Waals surface area contributed by atoms with Crippen molar-refractivity contribution in [2.75, 3.05) is 0 Å². The summed E-state index contributed by atoms with van der Waals surface area (Å²) in [4.78, 5) is 4.54. The molecule has 0 unspecified atom stereocenters. The monoisotopic (exact) mass is 331 g/mol. The Morgan fingerprint density at radius 1 is 1.05 bits per heavy atom. The van der Waals surface area contributed by atoms with Crippen molar-refractivity contribution in [3.63, 3.8) is 0 Å². The van der Waals surface area contributed by atoms with Crippen LogP contribution in [0.4, 0.5) is 4.39 Å². The molecule has 100 valence electrons. The zero-order valence-electron chi connectivity index (χ0n) is 11.1. The SMILES string of the molecule is Cc1ccccc1Cc1ncc(-c2ccc(F)cc2)[se]1. The zero-order valence-corrected chi connectivity index (χ0v) is 12.8. The van der Waals surface area contributed by atoms with E-state index in [-0.39, 0.29) is 20.3 Å². The quantitative estimate of drug-likeness (QED) is 0.665. The van der Waals surface area contributed by atoms with E-state index in [1.165, 1.54) is 32.3 Å². The minimum absolute atomic E-state index is 0.194. The standard InChI is InChI=1S/C17H14FNSe/c1-12-4-2-3-5-14(12)10-17-19-11-16(20-17)13-6-8-15(18)9-7-13/h2-9,11H,10H2,1H3. The van der Waals surface area contributed by atoms with Crippen molar-refractivity contribution in [2.24, 2.45) is 0 Å². The van der Waals surface area contributed by atoms with E-state index in [1.54, 1.807) is 0 Å². The van der Waals surface area contributed by atoms with E-state index in [1.807, 2.05) is 18.3 Å². The van der Waals surface area contributed by atoms with Crippen LogP contribution in [-0.4, -0.2) is 19.5 Å². The maximum absolute atomic E-state index is 12.9. The Morgan fingerprint density at radius 2 is 1.80 bits per heavy atom. The van der Waals surface area contributed by atoms with Crippen LogP contribution in [0.3, 0.4) is 0 Å². The number of aromatic nitrogens is 1. The third-order valence-electron chi connectivity index (χ3n) is 3.29. The second-order valence-corrected chi connectivity index (χ2v) is 7.07. The van der Waals surface area contributed by atoms with Crippen LogP contribution in [0, 0.1) is 12.7 Å². The van der Waals surface area contributed by atoms with Crippen LogP contribution in [0.1, 0.15) is 15.7 Å². The molecule has 0 N–H and O–H groups in total. The molecule has 2 aromatic carbocycles. The van der Waals surface area contributed by atoms with Crippen LogP contribution in [0.2, 0.25) is 0 Å². The average Bonchev–Trinajstić information content (AvgIpc) is 2.91. The third kappa shape index (κ3) is 2.90. The van der Waals surface area contributed by atoms with Crippen LogP contribution >= 0.6 is 0 Å². The van der Waals surface area contributed by atoms with Crippen LogP contribution in [0.5, 0.6) is 0 Å². The van der Waals surface area contributed by atoms with Gasteiger partial charge in [0.1, 0.15) is 0 Å². The fourth-order valence-corrected chi connectivity index (χ4v) is 4.10. The summed E-state index contributed by atoms with van der Waals surface area (Å²) in [5.74, 6) is -0.194. The number of rotatable bonds is 3. The van der Waals surface area contributed by atoms with Gasteiger partial charge in [-0.3, -0.25) is 0 Å². The van der Waals surface area contributed by atoms with Crippen LogP contribution in [-0.2, 0) is 6.42 Å². The summed E-state index contributed by atoms with van der Waals surface area (Å²) >= 11 is 0.236. The van der Waals surface area contributed by atoms with Crippen molar-refractivity contribution in [2.45, 2.75) is 13.3 Å². The van der Waals surface area contributed by atoms with Gasteiger partial charge in [-0.1, -0.05) is 0 Å². The Hall–Kier alpha value is -1.70. The Labute approximate surface area is 123 Å². The summed E-state index contributed by atoms with van der Waals surface area (Å²) in [6, 6.07) is 15.1. The van der Waals surface area contributed by atoms with E-state index in [0.29, 0.717) is 0 Å². The van der Waals surface area contributed by atoms with Crippen LogP contribution < -0.4 is 0 Å². The molecule has 0 aliphatic heterocycles. The molecule has 1 nitrogen and oxygen atoms in total. The number of nitrogens with zero attached hydrogens (tertiary/aromatic N) is 1. The van der Waals surface area contributed by atoms with Crippen LogP contribution in [0.15, 0.2) is 54.7 Å². The van der Waals surface area contributed by atoms with E-state index < -0.39 is 0 Å². The third-order valence-corrected chi connectivity index (χ3v) is 5.48. The Balaban J connectivity index is 1.84. The van der Waals surface area contributed by atoms with Gasteiger partial charge in [0.15, 0.2) is 0 Å². The normalized spacial score (nSPS) is 10.7. The van der Waals surface area contributed by atoms with E-state index in [9.17, 15) is 4.39 Å². The zero-order chi connectivity index (χ0) is 13.9. The predicted octanol–water partition coefficient (Wildman–Crippen LogP) is 3.84. The molecule has 0 radical (unpaired) electrons. The average molecular weight is 330 g/mol. The molecule has 0 amide bonds. The summed E-state index contributed by atoms with van der Waals surface area (Å²) < 4.78 is 15.4. The van der Waals surface area contributed by atoms with E-state index >= 15 is 0 Å². The first-order valence-corrected chi connectivity index (χ1v) is 8.19. The first-order chi connectivity index (χ1) is 9.72. The van der Waals surface area contributed by atoms with Gasteiger partial charge >= 0.3 is 123 Å². The van der Waals surface area contributed by atoms with E-state index in [4.69, 9.17) is 0 Å². The van der Waals surface area contributed by atoms with Gasteiger partial charge in [0.2, 0.25) is 0 Å². The molecule has 0 spiro atoms. The summed E-state index contributed by atoms with van der Waals surface area (Å²) in [6.07, 6.45) is 2.84. The predicted molar refractivity (Wildman–Crippen MR) is 80.6 cm³/mol. The maximum atomic E-state index is 12.9. The molecule has 0 saturated carbocycles. The Kier molecular flexibility index (Phi) is 3.81. The van der Waals surface area contributed by atoms with Gasteiger partial charge in [-0.05, 0) is 0 Å². The molecule has 1 aromatic heterocycles. The fraction of sp³-hybridized carbons (Fsp3) is 0.118. The second-order valence-electron chi connectivity index (χ2n) is 4.73. The molecular formula is C17H14FNSe. The molecule has 0 bridgehead atoms. The molecular weight excluding hydrogens is 316 g/mol. The molecule has 3 heteroatoms. The van der Waals surface area contributed by atoms with Gasteiger partial charge in [0.25, 0.3) is 0 Å². The number of halogens is 1. The topological polar surface area (TPSA) is 12.9 Å². The molecule has 0 atom stereocenters. The molecule has 20 heavy (non-hydrogen) atoms. The van der Waals surface area contributed by atoms with Gasteiger partial charge in [-0.15, -0.1) is 0 Å². The fourth-order valence-electron chi connectivity index (χ4n) is 2.11. The van der Waals surface area contributed by atoms with Crippen molar-refractivity contribution in [3.05, 3.63) is 76.2 Å². The van der Waals surface area contributed by atoms with Crippen molar-refractivity contribution >= 4 is 14.5 Å². The number of aryl methyl sites for hydroxylation is 1. The molecule has 0 aliphatic rings. The summed E-state index contributed by atoms with van der Waals surface area (Å²) in [5, 5.41) is 0. The van der Waals surface area contributed by atoms with Crippen molar-refractivity contribution in [3.8, 4) is 10.0 Å². The van der Waals surface area contributed by atoms with Crippen molar-refractivity contribution in [1.82, 2.24) is 4.98 Å². The van der Waals surface area contributed by atoms with Gasteiger partial charge in [-0.2, -0.15) is 0 Å². The minimum atomic E-state index is -0.194. The van der Waals surface area contributed by atoms with E-state index in [0.717, 1.165) is 12.0 Å².